The fraction of sp³-hybridized carbons (Fsp3) is 0.417. The lowest BCUT2D eigenvalue weighted by Gasteiger charge is -2.13. The van der Waals surface area contributed by atoms with Crippen LogP contribution in [0.25, 0.3) is 0 Å². The number of amides is 1. The second kappa shape index (κ2) is 5.66. The zero-order valence-corrected chi connectivity index (χ0v) is 12.7. The second-order valence-electron chi connectivity index (χ2n) is 4.20. The van der Waals surface area contributed by atoms with Gasteiger partial charge in [-0.25, -0.2) is 9.97 Å². The van der Waals surface area contributed by atoms with Gasteiger partial charge in [-0.1, -0.05) is 6.92 Å². The Labute approximate surface area is 119 Å². The second-order valence-corrected chi connectivity index (χ2v) is 6.32. The molecule has 0 aliphatic rings. The molecule has 1 amide bonds. The number of carbonyl (C=O) groups is 1. The van der Waals surface area contributed by atoms with Crippen molar-refractivity contribution in [1.82, 2.24) is 15.3 Å². The predicted molar refractivity (Wildman–Crippen MR) is 78.6 cm³/mol. The number of nitrogen functional groups attached to an aromatic ring is 1. The van der Waals surface area contributed by atoms with Crippen LogP contribution < -0.4 is 11.1 Å². The lowest BCUT2D eigenvalue weighted by molar-refractivity contribution is 0.0931. The molecule has 5 nitrogen and oxygen atoms in total. The van der Waals surface area contributed by atoms with E-state index in [0.717, 1.165) is 17.1 Å². The zero-order valence-electron chi connectivity index (χ0n) is 11.1. The van der Waals surface area contributed by atoms with Crippen LogP contribution in [-0.4, -0.2) is 15.9 Å². The van der Waals surface area contributed by atoms with E-state index >= 15 is 0 Å². The average Bonchev–Trinajstić information content (AvgIpc) is 2.93. The number of aryl methyl sites for hydroxylation is 2. The number of thiazole rings is 2. The van der Waals surface area contributed by atoms with E-state index in [4.69, 9.17) is 5.73 Å². The summed E-state index contributed by atoms with van der Waals surface area (Å²) in [5.41, 5.74) is 6.92. The normalized spacial score (nSPS) is 12.4. The van der Waals surface area contributed by atoms with Crippen molar-refractivity contribution in [3.05, 3.63) is 26.7 Å². The summed E-state index contributed by atoms with van der Waals surface area (Å²) >= 11 is 2.88. The lowest BCUT2D eigenvalue weighted by atomic mass is 10.2. The summed E-state index contributed by atoms with van der Waals surface area (Å²) in [6, 6.07) is -0.0761. The molecule has 102 valence electrons. The van der Waals surface area contributed by atoms with Gasteiger partial charge in [-0.15, -0.1) is 22.7 Å². The summed E-state index contributed by atoms with van der Waals surface area (Å²) < 4.78 is 0. The Bertz CT molecular complexity index is 571. The first kappa shape index (κ1) is 14.0. The van der Waals surface area contributed by atoms with Crippen molar-refractivity contribution in [2.24, 2.45) is 0 Å². The molecule has 1 unspecified atom stereocenters. The van der Waals surface area contributed by atoms with E-state index in [2.05, 4.69) is 15.3 Å². The van der Waals surface area contributed by atoms with Gasteiger partial charge in [0.2, 0.25) is 0 Å². The van der Waals surface area contributed by atoms with Gasteiger partial charge in [0.15, 0.2) is 5.13 Å². The van der Waals surface area contributed by atoms with Crippen LogP contribution in [0.15, 0.2) is 5.38 Å². The Balaban J connectivity index is 2.13. The molecule has 0 radical (unpaired) electrons. The number of nitrogens with zero attached hydrogens (tertiary/aromatic N) is 2. The van der Waals surface area contributed by atoms with Gasteiger partial charge in [-0.2, -0.15) is 0 Å². The third-order valence-electron chi connectivity index (χ3n) is 2.81. The molecule has 0 aliphatic heterocycles. The van der Waals surface area contributed by atoms with Crippen molar-refractivity contribution in [2.45, 2.75) is 33.2 Å². The van der Waals surface area contributed by atoms with Crippen molar-refractivity contribution < 1.29 is 4.79 Å². The van der Waals surface area contributed by atoms with E-state index < -0.39 is 0 Å². The molecule has 0 saturated heterocycles. The van der Waals surface area contributed by atoms with Crippen molar-refractivity contribution in [2.75, 3.05) is 5.73 Å². The minimum Gasteiger partial charge on any atom is -0.375 e. The maximum Gasteiger partial charge on any atom is 0.271 e. The van der Waals surface area contributed by atoms with Crippen LogP contribution in [-0.2, 0) is 0 Å². The van der Waals surface area contributed by atoms with Crippen molar-refractivity contribution >= 4 is 33.7 Å². The SMILES string of the molecule is CCC(NC(=O)c1csc(N)n1)c1nc(C)c(C)s1. The summed E-state index contributed by atoms with van der Waals surface area (Å²) in [5, 5.41) is 5.95. The molecule has 2 rings (SSSR count). The quantitative estimate of drug-likeness (QED) is 0.909. The van der Waals surface area contributed by atoms with Crippen LogP contribution in [0.4, 0.5) is 5.13 Å². The fourth-order valence-electron chi connectivity index (χ4n) is 1.61. The number of hydrogen-bond acceptors (Lipinski definition) is 6. The largest absolute Gasteiger partial charge is 0.375 e. The Morgan fingerprint density at radius 3 is 2.68 bits per heavy atom. The van der Waals surface area contributed by atoms with E-state index in [1.807, 2.05) is 20.8 Å². The highest BCUT2D eigenvalue weighted by molar-refractivity contribution is 7.13. The van der Waals surface area contributed by atoms with Crippen molar-refractivity contribution in [3.8, 4) is 0 Å². The number of nitrogens with one attached hydrogen (secondary N) is 1. The molecule has 1 atom stereocenters. The van der Waals surface area contributed by atoms with E-state index in [9.17, 15) is 4.79 Å². The highest BCUT2D eigenvalue weighted by Crippen LogP contribution is 2.25. The average molecular weight is 296 g/mol. The molecule has 2 aromatic rings. The minimum absolute atomic E-state index is 0.0761. The van der Waals surface area contributed by atoms with Crippen LogP contribution in [0.2, 0.25) is 0 Å². The van der Waals surface area contributed by atoms with Crippen molar-refractivity contribution in [3.63, 3.8) is 0 Å². The minimum atomic E-state index is -0.203. The lowest BCUT2D eigenvalue weighted by Crippen LogP contribution is -2.28. The first-order valence-electron chi connectivity index (χ1n) is 5.97. The number of rotatable bonds is 4. The first-order chi connectivity index (χ1) is 9.01. The fourth-order valence-corrected chi connectivity index (χ4v) is 3.21. The summed E-state index contributed by atoms with van der Waals surface area (Å²) in [6.07, 6.45) is 0.789. The van der Waals surface area contributed by atoms with Gasteiger partial charge in [0.25, 0.3) is 5.91 Å². The Morgan fingerprint density at radius 2 is 2.21 bits per heavy atom. The van der Waals surface area contributed by atoms with Gasteiger partial charge in [-0.05, 0) is 20.3 Å². The standard InChI is InChI=1S/C12H16N4OS2/c1-4-8(11-14-6(2)7(3)19-11)15-10(17)9-5-18-12(13)16-9/h5,8H,4H2,1-3H3,(H2,13,16)(H,15,17). The number of carbonyl (C=O) groups excluding carboxylic acids is 1. The van der Waals surface area contributed by atoms with E-state index in [-0.39, 0.29) is 11.9 Å². The molecule has 2 heterocycles. The molecule has 19 heavy (non-hydrogen) atoms. The maximum absolute atomic E-state index is 12.0. The van der Waals surface area contributed by atoms with E-state index in [1.165, 1.54) is 16.2 Å². The summed E-state index contributed by atoms with van der Waals surface area (Å²) in [6.45, 7) is 6.03. The molecule has 0 fully saturated rings. The summed E-state index contributed by atoms with van der Waals surface area (Å²) in [5.74, 6) is -0.203. The molecule has 0 bridgehead atoms. The monoisotopic (exact) mass is 296 g/mol. The van der Waals surface area contributed by atoms with Crippen LogP contribution in [0, 0.1) is 13.8 Å². The van der Waals surface area contributed by atoms with Gasteiger partial charge >= 0.3 is 0 Å². The van der Waals surface area contributed by atoms with Crippen LogP contribution in [0.3, 0.4) is 0 Å². The molecule has 2 aromatic heterocycles. The first-order valence-corrected chi connectivity index (χ1v) is 7.66. The summed E-state index contributed by atoms with van der Waals surface area (Å²) in [4.78, 5) is 21.7. The highest BCUT2D eigenvalue weighted by atomic mass is 32.1. The topological polar surface area (TPSA) is 80.9 Å². The molecule has 7 heteroatoms. The summed E-state index contributed by atoms with van der Waals surface area (Å²) in [7, 11) is 0. The number of nitrogens with two attached hydrogens (primary N) is 1. The van der Waals surface area contributed by atoms with Gasteiger partial charge in [0.1, 0.15) is 10.7 Å². The molecule has 3 N–H and O–H groups in total. The van der Waals surface area contributed by atoms with Gasteiger partial charge in [0.05, 0.1) is 11.7 Å². The van der Waals surface area contributed by atoms with Crippen LogP contribution in [0.5, 0.6) is 0 Å². The molecule has 0 aliphatic carbocycles. The molecule has 0 saturated carbocycles. The Hall–Kier alpha value is -1.47. The zero-order chi connectivity index (χ0) is 14.0. The Morgan fingerprint density at radius 1 is 1.47 bits per heavy atom. The molecular weight excluding hydrogens is 280 g/mol. The Kier molecular flexibility index (Phi) is 4.16. The molecule has 0 spiro atoms. The van der Waals surface area contributed by atoms with E-state index in [0.29, 0.717) is 10.8 Å². The molecular formula is C12H16N4OS2. The third kappa shape index (κ3) is 3.10. The number of hydrogen-bond donors (Lipinski definition) is 2. The third-order valence-corrected chi connectivity index (χ3v) is 4.67. The smallest absolute Gasteiger partial charge is 0.271 e. The van der Waals surface area contributed by atoms with Crippen molar-refractivity contribution in [1.29, 1.82) is 0 Å². The van der Waals surface area contributed by atoms with Gasteiger partial charge in [-0.3, -0.25) is 4.79 Å². The van der Waals surface area contributed by atoms with Crippen LogP contribution >= 0.6 is 22.7 Å². The predicted octanol–water partition coefficient (Wildman–Crippen LogP) is 2.68. The molecule has 0 aromatic carbocycles. The number of anilines is 1. The number of aromatic nitrogens is 2. The highest BCUT2D eigenvalue weighted by Gasteiger charge is 2.19. The van der Waals surface area contributed by atoms with Gasteiger partial charge < -0.3 is 11.1 Å². The van der Waals surface area contributed by atoms with E-state index in [1.54, 1.807) is 16.7 Å². The van der Waals surface area contributed by atoms with Crippen LogP contribution in [0.1, 0.15) is 45.5 Å². The van der Waals surface area contributed by atoms with Gasteiger partial charge in [0, 0.05) is 10.3 Å². The maximum atomic E-state index is 12.0.